The Labute approximate surface area is 139 Å². The van der Waals surface area contributed by atoms with Gasteiger partial charge in [-0.3, -0.25) is 5.32 Å². The van der Waals surface area contributed by atoms with Gasteiger partial charge < -0.3 is 14.1 Å². The van der Waals surface area contributed by atoms with Gasteiger partial charge in [-0.2, -0.15) is 5.06 Å². The van der Waals surface area contributed by atoms with Gasteiger partial charge in [0.15, 0.2) is 0 Å². The average molecular weight is 323 g/mol. The van der Waals surface area contributed by atoms with Gasteiger partial charge in [-0.1, -0.05) is 18.2 Å². The maximum Gasteiger partial charge on any atom is 0.433 e. The van der Waals surface area contributed by atoms with Gasteiger partial charge in [0, 0.05) is 12.7 Å². The van der Waals surface area contributed by atoms with Crippen LogP contribution >= 0.6 is 0 Å². The summed E-state index contributed by atoms with van der Waals surface area (Å²) in [5.74, 6) is 0.849. The molecule has 1 aromatic heterocycles. The molecule has 4 rings (SSSR count). The molecule has 3 aromatic rings. The smallest absolute Gasteiger partial charge is 0.433 e. The van der Waals surface area contributed by atoms with Crippen LogP contribution in [0.15, 0.2) is 54.7 Å². The van der Waals surface area contributed by atoms with Crippen LogP contribution in [0.5, 0.6) is 5.75 Å². The number of amides is 1. The molecule has 0 saturated carbocycles. The first-order chi connectivity index (χ1) is 11.7. The summed E-state index contributed by atoms with van der Waals surface area (Å²) >= 11 is 0. The molecule has 6 nitrogen and oxygen atoms in total. The lowest BCUT2D eigenvalue weighted by molar-refractivity contribution is 0.166. The molecular weight excluding hydrogens is 306 g/mol. The Morgan fingerprint density at radius 1 is 1.17 bits per heavy atom. The molecule has 1 fully saturated rings. The Hall–Kier alpha value is -3.15. The number of carbonyl (C=O) groups excluding carboxylic acids is 1. The van der Waals surface area contributed by atoms with Gasteiger partial charge in [-0.25, -0.2) is 4.79 Å². The number of anilines is 1. The zero-order valence-corrected chi connectivity index (χ0v) is 13.2. The Morgan fingerprint density at radius 3 is 2.71 bits per heavy atom. The van der Waals surface area contributed by atoms with Crippen LogP contribution in [0, 0.1) is 0 Å². The molecule has 1 aliphatic heterocycles. The number of hydrogen-bond donors (Lipinski definition) is 1. The lowest BCUT2D eigenvalue weighted by Crippen LogP contribution is -2.19. The zero-order chi connectivity index (χ0) is 16.5. The van der Waals surface area contributed by atoms with Crippen molar-refractivity contribution in [1.29, 1.82) is 0 Å². The molecule has 1 aliphatic rings. The largest absolute Gasteiger partial charge is 0.497 e. The highest BCUT2D eigenvalue weighted by atomic mass is 16.7. The number of aromatic nitrogens is 1. The maximum atomic E-state index is 11.2. The third-order valence-electron chi connectivity index (χ3n) is 4.12. The van der Waals surface area contributed by atoms with E-state index in [9.17, 15) is 4.79 Å². The maximum absolute atomic E-state index is 11.2. The monoisotopic (exact) mass is 323 g/mol. The summed E-state index contributed by atoms with van der Waals surface area (Å²) in [6, 6.07) is 16.1. The predicted octanol–water partition coefficient (Wildman–Crippen LogP) is 3.12. The first-order valence-corrected chi connectivity index (χ1v) is 7.68. The van der Waals surface area contributed by atoms with Gasteiger partial charge in [0.05, 0.1) is 18.3 Å². The van der Waals surface area contributed by atoms with Crippen LogP contribution in [0.2, 0.25) is 0 Å². The second-order valence-electron chi connectivity index (χ2n) is 5.63. The highest BCUT2D eigenvalue weighted by molar-refractivity contribution is 5.84. The molecule has 0 bridgehead atoms. The Kier molecular flexibility index (Phi) is 3.49. The number of methoxy groups -OCH3 is 1. The van der Waals surface area contributed by atoms with E-state index in [0.29, 0.717) is 6.67 Å². The van der Waals surface area contributed by atoms with Crippen LogP contribution in [0.25, 0.3) is 10.9 Å². The summed E-state index contributed by atoms with van der Waals surface area (Å²) in [6.45, 7) is 1.11. The van der Waals surface area contributed by atoms with Gasteiger partial charge in [0.25, 0.3) is 0 Å². The number of carbonyl (C=O) groups is 1. The van der Waals surface area contributed by atoms with Crippen molar-refractivity contribution in [3.63, 3.8) is 0 Å². The Balaban J connectivity index is 1.63. The van der Waals surface area contributed by atoms with Gasteiger partial charge >= 0.3 is 6.09 Å². The number of fused-ring (bicyclic) bond motifs is 1. The fourth-order valence-corrected chi connectivity index (χ4v) is 2.84. The van der Waals surface area contributed by atoms with Crippen molar-refractivity contribution < 1.29 is 14.4 Å². The molecule has 24 heavy (non-hydrogen) atoms. The summed E-state index contributed by atoms with van der Waals surface area (Å²) in [4.78, 5) is 16.3. The number of ether oxygens (including phenoxy) is 1. The van der Waals surface area contributed by atoms with E-state index < -0.39 is 6.09 Å². The minimum Gasteiger partial charge on any atom is -0.497 e. The molecule has 1 amide bonds. The average Bonchev–Trinajstić information content (AvgIpc) is 3.22. The molecule has 0 atom stereocenters. The van der Waals surface area contributed by atoms with Crippen LogP contribution in [0.4, 0.5) is 10.5 Å². The molecule has 0 unspecified atom stereocenters. The van der Waals surface area contributed by atoms with Crippen molar-refractivity contribution in [2.75, 3.05) is 18.8 Å². The number of nitrogens with one attached hydrogen (secondary N) is 1. The molecule has 0 spiro atoms. The zero-order valence-electron chi connectivity index (χ0n) is 13.2. The Morgan fingerprint density at radius 2 is 2.00 bits per heavy atom. The third kappa shape index (κ3) is 2.62. The minimum absolute atomic E-state index is 0.351. The molecule has 0 aliphatic carbocycles. The van der Waals surface area contributed by atoms with Crippen LogP contribution in [-0.2, 0) is 11.4 Å². The number of nitrogens with zero attached hydrogens (tertiary/aromatic N) is 2. The summed E-state index contributed by atoms with van der Waals surface area (Å²) in [5.41, 5.74) is 3.12. The number of hydroxylamine groups is 1. The second-order valence-corrected chi connectivity index (χ2v) is 5.63. The molecule has 6 heteroatoms. The number of rotatable bonds is 4. The van der Waals surface area contributed by atoms with E-state index in [1.54, 1.807) is 12.2 Å². The van der Waals surface area contributed by atoms with Crippen molar-refractivity contribution in [3.05, 3.63) is 60.3 Å². The topological polar surface area (TPSA) is 55.7 Å². The first-order valence-electron chi connectivity index (χ1n) is 7.68. The highest BCUT2D eigenvalue weighted by Gasteiger charge is 2.21. The number of benzene rings is 2. The van der Waals surface area contributed by atoms with E-state index in [1.807, 2.05) is 30.3 Å². The van der Waals surface area contributed by atoms with Gasteiger partial charge in [-0.05, 0) is 41.3 Å². The van der Waals surface area contributed by atoms with Crippen molar-refractivity contribution >= 4 is 22.7 Å². The number of hydrogen-bond acceptors (Lipinski definition) is 4. The van der Waals surface area contributed by atoms with E-state index in [-0.39, 0.29) is 0 Å². The lowest BCUT2D eigenvalue weighted by Gasteiger charge is -2.14. The third-order valence-corrected chi connectivity index (χ3v) is 4.12. The summed E-state index contributed by atoms with van der Waals surface area (Å²) in [6.07, 6.45) is 1.64. The van der Waals surface area contributed by atoms with Crippen LogP contribution in [-0.4, -0.2) is 24.4 Å². The summed E-state index contributed by atoms with van der Waals surface area (Å²) in [7, 11) is 1.66. The molecule has 1 saturated heterocycles. The second kappa shape index (κ2) is 5.81. The molecule has 2 heterocycles. The summed E-state index contributed by atoms with van der Waals surface area (Å²) in [5, 5.41) is 5.31. The van der Waals surface area contributed by atoms with Crippen LogP contribution < -0.4 is 15.1 Å². The Bertz CT molecular complexity index is 886. The van der Waals surface area contributed by atoms with Gasteiger partial charge in [0.2, 0.25) is 0 Å². The highest BCUT2D eigenvalue weighted by Crippen LogP contribution is 2.25. The fourth-order valence-electron chi connectivity index (χ4n) is 2.84. The van der Waals surface area contributed by atoms with E-state index in [4.69, 9.17) is 9.57 Å². The lowest BCUT2D eigenvalue weighted by atomic mass is 10.2. The van der Waals surface area contributed by atoms with Gasteiger partial charge in [-0.15, -0.1) is 0 Å². The summed E-state index contributed by atoms with van der Waals surface area (Å²) < 4.78 is 7.37. The minimum atomic E-state index is -0.427. The normalized spacial score (nSPS) is 13.9. The van der Waals surface area contributed by atoms with Crippen molar-refractivity contribution in [2.24, 2.45) is 0 Å². The van der Waals surface area contributed by atoms with Crippen LogP contribution in [0.3, 0.4) is 0 Å². The standard InChI is InChI=1S/C18H17N3O3/c1-23-16-6-2-13(3-7-16)11-20-9-8-14-4-5-15(10-17(14)20)21-12-19-18(22)24-21/h2-10H,11-12H2,1H3,(H,19,22). The first kappa shape index (κ1) is 14.4. The van der Waals surface area contributed by atoms with Crippen molar-refractivity contribution in [2.45, 2.75) is 6.54 Å². The molecule has 2 aromatic carbocycles. The van der Waals surface area contributed by atoms with Gasteiger partial charge in [0.1, 0.15) is 12.4 Å². The van der Waals surface area contributed by atoms with E-state index in [1.165, 1.54) is 5.56 Å². The predicted molar refractivity (Wildman–Crippen MR) is 91.0 cm³/mol. The van der Waals surface area contributed by atoms with E-state index in [2.05, 4.69) is 34.3 Å². The van der Waals surface area contributed by atoms with E-state index in [0.717, 1.165) is 28.9 Å². The quantitative estimate of drug-likeness (QED) is 0.801. The van der Waals surface area contributed by atoms with Crippen molar-refractivity contribution in [3.8, 4) is 5.75 Å². The van der Waals surface area contributed by atoms with Crippen LogP contribution in [0.1, 0.15) is 5.56 Å². The SMILES string of the molecule is COc1ccc(Cn2ccc3ccc(N4CNC(=O)O4)cc32)cc1. The molecular formula is C18H17N3O3. The van der Waals surface area contributed by atoms with E-state index >= 15 is 0 Å². The van der Waals surface area contributed by atoms with Crippen molar-refractivity contribution in [1.82, 2.24) is 9.88 Å². The fraction of sp³-hybridized carbons (Fsp3) is 0.167. The molecule has 122 valence electrons. The molecule has 1 N–H and O–H groups in total. The molecule has 0 radical (unpaired) electrons.